The number of hydrogen-bond acceptors (Lipinski definition) is 3. The zero-order valence-electron chi connectivity index (χ0n) is 13.2. The number of aromatic amines is 1. The second-order valence-electron chi connectivity index (χ2n) is 6.25. The van der Waals surface area contributed by atoms with Gasteiger partial charge in [0.2, 0.25) is 5.56 Å². The van der Waals surface area contributed by atoms with Crippen LogP contribution in [-0.4, -0.2) is 23.0 Å². The number of H-pyrrole nitrogens is 1. The molecule has 1 aromatic carbocycles. The van der Waals surface area contributed by atoms with Crippen LogP contribution in [0.1, 0.15) is 29.5 Å². The first kappa shape index (κ1) is 15.5. The molecular weight excluding hydrogens is 286 g/mol. The van der Waals surface area contributed by atoms with E-state index in [0.717, 1.165) is 50.0 Å². The van der Waals surface area contributed by atoms with E-state index in [0.29, 0.717) is 5.92 Å². The van der Waals surface area contributed by atoms with E-state index in [1.807, 2.05) is 36.5 Å². The number of benzene rings is 1. The van der Waals surface area contributed by atoms with Gasteiger partial charge in [-0.3, -0.25) is 9.69 Å². The van der Waals surface area contributed by atoms with Crippen LogP contribution in [-0.2, 0) is 13.0 Å². The highest BCUT2D eigenvalue weighted by molar-refractivity contribution is 5.37. The lowest BCUT2D eigenvalue weighted by molar-refractivity contribution is 0.177. The molecule has 0 amide bonds. The number of aromatic nitrogens is 1. The number of hydrogen-bond donors (Lipinski definition) is 1. The van der Waals surface area contributed by atoms with Crippen molar-refractivity contribution in [3.8, 4) is 6.07 Å². The van der Waals surface area contributed by atoms with E-state index in [9.17, 15) is 10.1 Å². The van der Waals surface area contributed by atoms with Crippen molar-refractivity contribution in [3.63, 3.8) is 0 Å². The van der Waals surface area contributed by atoms with Gasteiger partial charge in [-0.15, -0.1) is 0 Å². The quantitative estimate of drug-likeness (QED) is 0.944. The van der Waals surface area contributed by atoms with Gasteiger partial charge in [-0.25, -0.2) is 0 Å². The molecule has 0 bridgehead atoms. The van der Waals surface area contributed by atoms with E-state index in [1.165, 1.54) is 5.56 Å². The number of nitrogens with zero attached hydrogens (tertiary/aromatic N) is 2. The number of nitrogens with one attached hydrogen (secondary N) is 1. The molecule has 4 heteroatoms. The Morgan fingerprint density at radius 3 is 2.65 bits per heavy atom. The van der Waals surface area contributed by atoms with Gasteiger partial charge in [-0.2, -0.15) is 5.26 Å². The first-order chi connectivity index (χ1) is 11.2. The van der Waals surface area contributed by atoms with Crippen molar-refractivity contribution in [2.45, 2.75) is 25.8 Å². The molecule has 1 aliphatic heterocycles. The average Bonchev–Trinajstić information content (AvgIpc) is 2.59. The van der Waals surface area contributed by atoms with Crippen LogP contribution in [0.2, 0.25) is 0 Å². The van der Waals surface area contributed by atoms with Crippen molar-refractivity contribution in [1.29, 1.82) is 5.26 Å². The van der Waals surface area contributed by atoms with Crippen LogP contribution >= 0.6 is 0 Å². The number of rotatable bonds is 4. The monoisotopic (exact) mass is 307 g/mol. The standard InChI is InChI=1S/C19H21N3O/c20-12-17-3-1-2-4-18(17)14-22-9-7-15(8-10-22)11-16-5-6-19(23)21-13-16/h1-6,13,15H,7-11,14H2,(H,21,23). The van der Waals surface area contributed by atoms with Crippen LogP contribution < -0.4 is 5.56 Å². The Labute approximate surface area is 136 Å². The van der Waals surface area contributed by atoms with Gasteiger partial charge in [0.15, 0.2) is 0 Å². The van der Waals surface area contributed by atoms with Crippen molar-refractivity contribution in [2.24, 2.45) is 5.92 Å². The summed E-state index contributed by atoms with van der Waals surface area (Å²) in [5.41, 5.74) is 3.06. The molecule has 0 unspecified atom stereocenters. The van der Waals surface area contributed by atoms with Crippen LogP contribution in [0.5, 0.6) is 0 Å². The van der Waals surface area contributed by atoms with E-state index in [2.05, 4.69) is 16.0 Å². The number of piperidine rings is 1. The average molecular weight is 307 g/mol. The molecule has 2 aromatic rings. The maximum Gasteiger partial charge on any atom is 0.247 e. The lowest BCUT2D eigenvalue weighted by atomic mass is 9.90. The van der Waals surface area contributed by atoms with Crippen LogP contribution in [0.4, 0.5) is 0 Å². The molecule has 0 radical (unpaired) electrons. The minimum Gasteiger partial charge on any atom is -0.329 e. The van der Waals surface area contributed by atoms with Crippen molar-refractivity contribution >= 4 is 0 Å². The van der Waals surface area contributed by atoms with Gasteiger partial charge in [0.25, 0.3) is 0 Å². The fraction of sp³-hybridized carbons (Fsp3) is 0.368. The summed E-state index contributed by atoms with van der Waals surface area (Å²) in [7, 11) is 0. The fourth-order valence-corrected chi connectivity index (χ4v) is 3.26. The molecule has 118 valence electrons. The van der Waals surface area contributed by atoms with Gasteiger partial charge < -0.3 is 4.98 Å². The molecule has 1 aliphatic rings. The molecule has 2 heterocycles. The summed E-state index contributed by atoms with van der Waals surface area (Å²) in [6.07, 6.45) is 5.18. The molecule has 1 saturated heterocycles. The summed E-state index contributed by atoms with van der Waals surface area (Å²) in [5, 5.41) is 9.18. The Hall–Kier alpha value is -2.38. The highest BCUT2D eigenvalue weighted by Gasteiger charge is 2.20. The van der Waals surface area contributed by atoms with Gasteiger partial charge in [-0.05, 0) is 55.5 Å². The van der Waals surface area contributed by atoms with Gasteiger partial charge in [0.1, 0.15) is 0 Å². The molecule has 23 heavy (non-hydrogen) atoms. The highest BCUT2D eigenvalue weighted by Crippen LogP contribution is 2.23. The number of pyridine rings is 1. The van der Waals surface area contributed by atoms with Gasteiger partial charge in [0.05, 0.1) is 11.6 Å². The minimum atomic E-state index is -0.0419. The second-order valence-corrected chi connectivity index (χ2v) is 6.25. The van der Waals surface area contributed by atoms with Gasteiger partial charge >= 0.3 is 0 Å². The molecule has 0 spiro atoms. The largest absolute Gasteiger partial charge is 0.329 e. The van der Waals surface area contributed by atoms with E-state index >= 15 is 0 Å². The van der Waals surface area contributed by atoms with Crippen molar-refractivity contribution in [3.05, 3.63) is 69.6 Å². The van der Waals surface area contributed by atoms with Crippen molar-refractivity contribution in [2.75, 3.05) is 13.1 Å². The maximum absolute atomic E-state index is 11.1. The fourth-order valence-electron chi connectivity index (χ4n) is 3.26. The summed E-state index contributed by atoms with van der Waals surface area (Å²) < 4.78 is 0. The van der Waals surface area contributed by atoms with Crippen LogP contribution in [0.25, 0.3) is 0 Å². The lowest BCUT2D eigenvalue weighted by Crippen LogP contribution is -2.34. The van der Waals surface area contributed by atoms with E-state index in [1.54, 1.807) is 6.07 Å². The Bertz CT molecular complexity index is 731. The minimum absolute atomic E-state index is 0.0419. The van der Waals surface area contributed by atoms with Crippen molar-refractivity contribution < 1.29 is 0 Å². The first-order valence-electron chi connectivity index (χ1n) is 8.12. The van der Waals surface area contributed by atoms with Crippen LogP contribution in [0.15, 0.2) is 47.4 Å². The number of nitriles is 1. The molecule has 1 N–H and O–H groups in total. The predicted molar refractivity (Wildman–Crippen MR) is 89.9 cm³/mol. The third-order valence-corrected chi connectivity index (χ3v) is 4.61. The third kappa shape index (κ3) is 4.08. The molecular formula is C19H21N3O. The molecule has 0 saturated carbocycles. The molecule has 0 atom stereocenters. The Morgan fingerprint density at radius 2 is 1.96 bits per heavy atom. The molecule has 1 fully saturated rings. The van der Waals surface area contributed by atoms with E-state index in [-0.39, 0.29) is 5.56 Å². The van der Waals surface area contributed by atoms with Gasteiger partial charge in [0, 0.05) is 18.8 Å². The Morgan fingerprint density at radius 1 is 1.17 bits per heavy atom. The van der Waals surface area contributed by atoms with Crippen LogP contribution in [0, 0.1) is 17.2 Å². The smallest absolute Gasteiger partial charge is 0.247 e. The first-order valence-corrected chi connectivity index (χ1v) is 8.12. The lowest BCUT2D eigenvalue weighted by Gasteiger charge is -2.32. The molecule has 3 rings (SSSR count). The topological polar surface area (TPSA) is 59.9 Å². The Kier molecular flexibility index (Phi) is 4.89. The summed E-state index contributed by atoms with van der Waals surface area (Å²) >= 11 is 0. The highest BCUT2D eigenvalue weighted by atomic mass is 16.1. The SMILES string of the molecule is N#Cc1ccccc1CN1CCC(Cc2ccc(=O)[nH]c2)CC1. The van der Waals surface area contributed by atoms with Crippen molar-refractivity contribution in [1.82, 2.24) is 9.88 Å². The second kappa shape index (κ2) is 7.26. The molecule has 4 nitrogen and oxygen atoms in total. The van der Waals surface area contributed by atoms with Gasteiger partial charge in [-0.1, -0.05) is 24.3 Å². The van der Waals surface area contributed by atoms with Crippen LogP contribution in [0.3, 0.4) is 0 Å². The maximum atomic E-state index is 11.1. The summed E-state index contributed by atoms with van der Waals surface area (Å²) in [6, 6.07) is 13.6. The normalized spacial score (nSPS) is 16.1. The van der Waals surface area contributed by atoms with E-state index in [4.69, 9.17) is 0 Å². The van der Waals surface area contributed by atoms with E-state index < -0.39 is 0 Å². The Balaban J connectivity index is 1.53. The summed E-state index contributed by atoms with van der Waals surface area (Å²) in [4.78, 5) is 16.3. The zero-order chi connectivity index (χ0) is 16.1. The third-order valence-electron chi connectivity index (χ3n) is 4.61. The molecule has 1 aromatic heterocycles. The molecule has 0 aliphatic carbocycles. The predicted octanol–water partition coefficient (Wildman–Crippen LogP) is 2.70. The zero-order valence-corrected chi connectivity index (χ0v) is 13.2. The summed E-state index contributed by atoms with van der Waals surface area (Å²) in [6.45, 7) is 2.98. The number of likely N-dealkylation sites (tertiary alicyclic amines) is 1. The summed E-state index contributed by atoms with van der Waals surface area (Å²) in [5.74, 6) is 0.670.